The van der Waals surface area contributed by atoms with Crippen molar-refractivity contribution in [3.63, 3.8) is 0 Å². The highest BCUT2D eigenvalue weighted by Crippen LogP contribution is 2.35. The SMILES string of the molecule is Cn1cnc2ccc(-c3c(-c4ncco4)nc(N)n4nc(Cc5c(F)cccc5F)nc34)cc21. The van der Waals surface area contributed by atoms with Crippen molar-refractivity contribution >= 4 is 22.6 Å². The number of nitrogens with two attached hydrogens (primary N) is 1. The summed E-state index contributed by atoms with van der Waals surface area (Å²) in [5.74, 6) is -0.884. The molecule has 0 fully saturated rings. The normalized spacial score (nSPS) is 11.6. The number of aromatic nitrogens is 7. The van der Waals surface area contributed by atoms with Crippen molar-refractivity contribution in [2.24, 2.45) is 7.05 Å². The zero-order valence-electron chi connectivity index (χ0n) is 17.8. The topological polar surface area (TPSA) is 113 Å². The van der Waals surface area contributed by atoms with Crippen LogP contribution in [0.2, 0.25) is 0 Å². The lowest BCUT2D eigenvalue weighted by atomic mass is 10.0. The number of rotatable bonds is 4. The fourth-order valence-electron chi connectivity index (χ4n) is 3.98. The molecule has 0 aliphatic rings. The maximum absolute atomic E-state index is 14.3. The lowest BCUT2D eigenvalue weighted by Crippen LogP contribution is -2.06. The van der Waals surface area contributed by atoms with Crippen molar-refractivity contribution in [1.29, 1.82) is 0 Å². The summed E-state index contributed by atoms with van der Waals surface area (Å²) >= 11 is 0. The molecule has 0 saturated heterocycles. The van der Waals surface area contributed by atoms with Crippen LogP contribution in [0, 0.1) is 11.6 Å². The van der Waals surface area contributed by atoms with Gasteiger partial charge in [-0.05, 0) is 29.8 Å². The molecule has 168 valence electrons. The molecule has 4 heterocycles. The van der Waals surface area contributed by atoms with Crippen molar-refractivity contribution in [1.82, 2.24) is 34.1 Å². The molecule has 11 heteroatoms. The van der Waals surface area contributed by atoms with Gasteiger partial charge in [0.25, 0.3) is 0 Å². The number of fused-ring (bicyclic) bond motifs is 2. The standard InChI is InChI=1S/C23H16F2N8O/c1-32-11-28-16-6-5-12(9-17(16)32)19-20(22-27-7-8-34-22)30-23(26)33-21(19)29-18(31-33)10-13-14(24)3-2-4-15(13)25/h2-9,11H,10H2,1H3,(H2,26,30). The summed E-state index contributed by atoms with van der Waals surface area (Å²) in [7, 11) is 1.89. The maximum Gasteiger partial charge on any atom is 0.245 e. The predicted molar refractivity (Wildman–Crippen MR) is 120 cm³/mol. The second-order valence-corrected chi connectivity index (χ2v) is 7.73. The Morgan fingerprint density at radius 1 is 1.06 bits per heavy atom. The largest absolute Gasteiger partial charge is 0.443 e. The average Bonchev–Trinajstić information content (AvgIpc) is 3.57. The molecule has 2 N–H and O–H groups in total. The van der Waals surface area contributed by atoms with E-state index in [-0.39, 0.29) is 29.6 Å². The van der Waals surface area contributed by atoms with Gasteiger partial charge in [0.15, 0.2) is 11.5 Å². The molecule has 9 nitrogen and oxygen atoms in total. The van der Waals surface area contributed by atoms with Gasteiger partial charge in [0.2, 0.25) is 11.8 Å². The van der Waals surface area contributed by atoms with E-state index in [1.807, 2.05) is 29.8 Å². The molecule has 2 aromatic carbocycles. The summed E-state index contributed by atoms with van der Waals surface area (Å²) in [6, 6.07) is 9.39. The van der Waals surface area contributed by atoms with Crippen LogP contribution in [0.5, 0.6) is 0 Å². The Morgan fingerprint density at radius 3 is 2.65 bits per heavy atom. The minimum Gasteiger partial charge on any atom is -0.443 e. The molecule has 6 aromatic rings. The van der Waals surface area contributed by atoms with Gasteiger partial charge in [-0.15, -0.1) is 5.10 Å². The fourth-order valence-corrected chi connectivity index (χ4v) is 3.98. The number of hydrogen-bond acceptors (Lipinski definition) is 7. The highest BCUT2D eigenvalue weighted by Gasteiger charge is 2.23. The second-order valence-electron chi connectivity index (χ2n) is 7.73. The van der Waals surface area contributed by atoms with Crippen LogP contribution < -0.4 is 5.73 Å². The van der Waals surface area contributed by atoms with Gasteiger partial charge in [0.1, 0.15) is 23.6 Å². The number of imidazole rings is 1. The predicted octanol–water partition coefficient (Wildman–Crippen LogP) is 3.78. The summed E-state index contributed by atoms with van der Waals surface area (Å²) in [6.07, 6.45) is 4.50. The van der Waals surface area contributed by atoms with E-state index < -0.39 is 11.6 Å². The van der Waals surface area contributed by atoms with Crippen LogP contribution in [0.3, 0.4) is 0 Å². The van der Waals surface area contributed by atoms with Gasteiger partial charge in [0, 0.05) is 19.0 Å². The fraction of sp³-hybridized carbons (Fsp3) is 0.0870. The van der Waals surface area contributed by atoms with Gasteiger partial charge >= 0.3 is 0 Å². The quantitative estimate of drug-likeness (QED) is 0.428. The zero-order valence-corrected chi connectivity index (χ0v) is 17.8. The molecule has 6 rings (SSSR count). The molecule has 0 aliphatic heterocycles. The van der Waals surface area contributed by atoms with Crippen LogP contribution in [-0.4, -0.2) is 34.1 Å². The van der Waals surface area contributed by atoms with Crippen LogP contribution in [0.4, 0.5) is 14.7 Å². The molecule has 0 unspecified atom stereocenters. The number of anilines is 1. The smallest absolute Gasteiger partial charge is 0.245 e. The molecule has 0 aliphatic carbocycles. The van der Waals surface area contributed by atoms with Crippen LogP contribution in [0.25, 0.3) is 39.4 Å². The zero-order chi connectivity index (χ0) is 23.4. The van der Waals surface area contributed by atoms with E-state index >= 15 is 0 Å². The van der Waals surface area contributed by atoms with Gasteiger partial charge in [0.05, 0.1) is 29.1 Å². The van der Waals surface area contributed by atoms with E-state index in [0.29, 0.717) is 16.9 Å². The third-order valence-corrected chi connectivity index (χ3v) is 5.60. The number of benzene rings is 2. The van der Waals surface area contributed by atoms with E-state index in [1.54, 1.807) is 6.33 Å². The first-order valence-electron chi connectivity index (χ1n) is 10.3. The van der Waals surface area contributed by atoms with Crippen molar-refractivity contribution in [3.8, 4) is 22.7 Å². The van der Waals surface area contributed by atoms with E-state index in [4.69, 9.17) is 10.2 Å². The number of nitrogen functional groups attached to an aromatic ring is 1. The van der Waals surface area contributed by atoms with Crippen molar-refractivity contribution in [2.75, 3.05) is 5.73 Å². The minimum atomic E-state index is -0.674. The Bertz CT molecular complexity index is 1670. The molecular formula is C23H16F2N8O. The van der Waals surface area contributed by atoms with E-state index in [9.17, 15) is 8.78 Å². The first-order valence-corrected chi connectivity index (χ1v) is 10.3. The lowest BCUT2D eigenvalue weighted by molar-refractivity contribution is 0.559. The highest BCUT2D eigenvalue weighted by molar-refractivity contribution is 5.92. The third-order valence-electron chi connectivity index (χ3n) is 5.60. The van der Waals surface area contributed by atoms with Gasteiger partial charge in [-0.1, -0.05) is 12.1 Å². The number of oxazole rings is 1. The number of hydrogen-bond donors (Lipinski definition) is 1. The van der Waals surface area contributed by atoms with E-state index in [1.165, 1.54) is 35.2 Å². The summed E-state index contributed by atoms with van der Waals surface area (Å²) in [5, 5.41) is 4.38. The summed E-state index contributed by atoms with van der Waals surface area (Å²) in [5.41, 5.74) is 9.81. The molecule has 0 radical (unpaired) electrons. The molecular weight excluding hydrogens is 442 g/mol. The molecule has 0 amide bonds. The van der Waals surface area contributed by atoms with E-state index in [0.717, 1.165) is 16.6 Å². The molecule has 0 bridgehead atoms. The summed E-state index contributed by atoms with van der Waals surface area (Å²) in [4.78, 5) is 17.7. The Morgan fingerprint density at radius 2 is 1.88 bits per heavy atom. The van der Waals surface area contributed by atoms with Crippen LogP contribution in [0.15, 0.2) is 59.6 Å². The highest BCUT2D eigenvalue weighted by atomic mass is 19.1. The maximum atomic E-state index is 14.3. The number of halogens is 2. The first kappa shape index (κ1) is 20.0. The van der Waals surface area contributed by atoms with Gasteiger partial charge in [-0.3, -0.25) is 0 Å². The van der Waals surface area contributed by atoms with Crippen LogP contribution in [0.1, 0.15) is 11.4 Å². The van der Waals surface area contributed by atoms with Crippen LogP contribution >= 0.6 is 0 Å². The van der Waals surface area contributed by atoms with Gasteiger partial charge in [-0.2, -0.15) is 4.52 Å². The monoisotopic (exact) mass is 458 g/mol. The average molecular weight is 458 g/mol. The van der Waals surface area contributed by atoms with Crippen molar-refractivity contribution in [2.45, 2.75) is 6.42 Å². The first-order chi connectivity index (χ1) is 16.5. The molecule has 34 heavy (non-hydrogen) atoms. The Balaban J connectivity index is 1.61. The van der Waals surface area contributed by atoms with Crippen molar-refractivity contribution < 1.29 is 13.2 Å². The number of aryl methyl sites for hydroxylation is 1. The summed E-state index contributed by atoms with van der Waals surface area (Å²) < 4.78 is 37.3. The minimum absolute atomic E-state index is 0.0290. The summed E-state index contributed by atoms with van der Waals surface area (Å²) in [6.45, 7) is 0. The van der Waals surface area contributed by atoms with Crippen LogP contribution in [-0.2, 0) is 13.5 Å². The third kappa shape index (κ3) is 3.09. The molecule has 0 atom stereocenters. The second kappa shape index (κ2) is 7.44. The van der Waals surface area contributed by atoms with E-state index in [2.05, 4.69) is 25.0 Å². The molecule has 4 aromatic heterocycles. The molecule has 0 saturated carbocycles. The van der Waals surface area contributed by atoms with Crippen molar-refractivity contribution in [3.05, 3.63) is 78.2 Å². The van der Waals surface area contributed by atoms with Gasteiger partial charge < -0.3 is 14.7 Å². The number of nitrogens with zero attached hydrogens (tertiary/aromatic N) is 7. The Kier molecular flexibility index (Phi) is 4.37. The Labute approximate surface area is 190 Å². The van der Waals surface area contributed by atoms with Gasteiger partial charge in [-0.25, -0.2) is 28.7 Å². The molecule has 0 spiro atoms. The Hall–Kier alpha value is -4.67. The lowest BCUT2D eigenvalue weighted by Gasteiger charge is -2.10.